The maximum atomic E-state index is 12.2. The number of aldehydes is 1. The first-order valence-corrected chi connectivity index (χ1v) is 9.47. The number of carbonyl (C=O) groups excluding carboxylic acids is 2. The Morgan fingerprint density at radius 1 is 1.44 bits per heavy atom. The lowest BCUT2D eigenvalue weighted by molar-refractivity contribution is -0.125. The number of allylic oxidation sites excluding steroid dienone is 2. The van der Waals surface area contributed by atoms with Crippen LogP contribution in [0, 0.1) is 11.8 Å². The molecule has 0 bridgehead atoms. The summed E-state index contributed by atoms with van der Waals surface area (Å²) >= 11 is 0. The van der Waals surface area contributed by atoms with Crippen LogP contribution in [0.3, 0.4) is 0 Å². The Kier molecular flexibility index (Phi) is 5.68. The van der Waals surface area contributed by atoms with Crippen LogP contribution in [0.4, 0.5) is 4.79 Å². The van der Waals surface area contributed by atoms with E-state index in [1.54, 1.807) is 6.08 Å². The Morgan fingerprint density at radius 3 is 2.78 bits per heavy atom. The number of Topliss-reactive ketones (excluding diaryl/α,β-unsaturated/α-hetero) is 1. The number of amides is 1. The van der Waals surface area contributed by atoms with E-state index < -0.39 is 12.0 Å². The molecular formula is C20H26N2O5. The molecule has 0 saturated heterocycles. The molecular weight excluding hydrogens is 348 g/mol. The number of hydrogen-bond donors (Lipinski definition) is 1. The van der Waals surface area contributed by atoms with Crippen molar-refractivity contribution in [3.63, 3.8) is 0 Å². The van der Waals surface area contributed by atoms with Crippen LogP contribution in [0.25, 0.3) is 0 Å². The van der Waals surface area contributed by atoms with Crippen molar-refractivity contribution in [3.05, 3.63) is 35.0 Å². The minimum Gasteiger partial charge on any atom is -0.489 e. The Labute approximate surface area is 158 Å². The molecule has 2 aliphatic carbocycles. The summed E-state index contributed by atoms with van der Waals surface area (Å²) in [5.74, 6) is 0.469. The van der Waals surface area contributed by atoms with Crippen molar-refractivity contribution in [2.75, 3.05) is 20.2 Å². The van der Waals surface area contributed by atoms with Crippen LogP contribution in [-0.2, 0) is 14.3 Å². The van der Waals surface area contributed by atoms with Crippen LogP contribution in [0.15, 0.2) is 35.0 Å². The number of ether oxygens (including phenoxy) is 1. The third-order valence-corrected chi connectivity index (χ3v) is 5.11. The van der Waals surface area contributed by atoms with Gasteiger partial charge >= 0.3 is 6.09 Å². The number of carboxylic acid groups (broad SMARTS) is 1. The highest BCUT2D eigenvalue weighted by atomic mass is 16.5. The van der Waals surface area contributed by atoms with Crippen LogP contribution in [0.5, 0.6) is 0 Å². The van der Waals surface area contributed by atoms with E-state index in [4.69, 9.17) is 4.74 Å². The molecule has 3 rings (SSSR count). The van der Waals surface area contributed by atoms with Crippen LogP contribution in [0.2, 0.25) is 0 Å². The quantitative estimate of drug-likeness (QED) is 0.399. The monoisotopic (exact) mass is 374 g/mol. The highest BCUT2D eigenvalue weighted by Crippen LogP contribution is 2.40. The summed E-state index contributed by atoms with van der Waals surface area (Å²) in [7, 11) is 1.49. The van der Waals surface area contributed by atoms with E-state index >= 15 is 0 Å². The van der Waals surface area contributed by atoms with Crippen molar-refractivity contribution < 1.29 is 24.2 Å². The molecule has 1 unspecified atom stereocenters. The number of rotatable bonds is 8. The van der Waals surface area contributed by atoms with Gasteiger partial charge in [0.1, 0.15) is 6.29 Å². The smallest absolute Gasteiger partial charge is 0.412 e. The van der Waals surface area contributed by atoms with E-state index in [0.29, 0.717) is 42.5 Å². The third kappa shape index (κ3) is 4.07. The molecule has 1 heterocycles. The van der Waals surface area contributed by atoms with E-state index in [9.17, 15) is 19.5 Å². The molecule has 3 aliphatic rings. The van der Waals surface area contributed by atoms with Crippen molar-refractivity contribution in [1.82, 2.24) is 9.80 Å². The molecule has 1 aliphatic heterocycles. The summed E-state index contributed by atoms with van der Waals surface area (Å²) in [4.78, 5) is 38.3. The topological polar surface area (TPSA) is 87.2 Å². The lowest BCUT2D eigenvalue weighted by Crippen LogP contribution is -2.39. The number of fused-ring (bicyclic) bond motifs is 1. The average Bonchev–Trinajstić information content (AvgIpc) is 3.44. The summed E-state index contributed by atoms with van der Waals surface area (Å²) in [6.07, 6.45) is 7.17. The number of ketones is 1. The van der Waals surface area contributed by atoms with Gasteiger partial charge in [0.25, 0.3) is 0 Å². The zero-order valence-electron chi connectivity index (χ0n) is 15.8. The van der Waals surface area contributed by atoms with E-state index in [-0.39, 0.29) is 12.2 Å². The highest BCUT2D eigenvalue weighted by molar-refractivity contribution is 5.99. The van der Waals surface area contributed by atoms with E-state index in [1.807, 2.05) is 11.1 Å². The molecule has 27 heavy (non-hydrogen) atoms. The molecule has 1 N–H and O–H groups in total. The molecule has 1 atom stereocenters. The maximum absolute atomic E-state index is 12.2. The number of nitrogens with zero attached hydrogens (tertiary/aromatic N) is 2. The van der Waals surface area contributed by atoms with E-state index in [1.165, 1.54) is 7.05 Å². The molecule has 1 amide bonds. The number of unbranched alkanes of at least 4 members (excludes halogenated alkanes) is 1. The van der Waals surface area contributed by atoms with Gasteiger partial charge in [-0.2, -0.15) is 0 Å². The maximum Gasteiger partial charge on any atom is 0.412 e. The van der Waals surface area contributed by atoms with Gasteiger partial charge in [0.2, 0.25) is 0 Å². The SMILES string of the molecule is CCCCOC1=C(N(C)C(=O)O)N(CC2CC2)C=C2CC(=O)C(C=O)C=C21. The van der Waals surface area contributed by atoms with Crippen LogP contribution in [0.1, 0.15) is 39.0 Å². The minimum atomic E-state index is -1.08. The molecule has 0 aromatic carbocycles. The first kappa shape index (κ1) is 19.2. The van der Waals surface area contributed by atoms with Gasteiger partial charge in [0.05, 0.1) is 12.5 Å². The van der Waals surface area contributed by atoms with Gasteiger partial charge in [-0.1, -0.05) is 19.4 Å². The zero-order valence-corrected chi connectivity index (χ0v) is 15.8. The van der Waals surface area contributed by atoms with Crippen molar-refractivity contribution >= 4 is 18.2 Å². The fourth-order valence-corrected chi connectivity index (χ4v) is 3.35. The minimum absolute atomic E-state index is 0.144. The summed E-state index contributed by atoms with van der Waals surface area (Å²) in [5.41, 5.74) is 1.45. The fraction of sp³-hybridized carbons (Fsp3) is 0.550. The predicted octanol–water partition coefficient (Wildman–Crippen LogP) is 2.91. The number of hydrogen-bond acceptors (Lipinski definition) is 5. The summed E-state index contributed by atoms with van der Waals surface area (Å²) < 4.78 is 6.03. The normalized spacial score (nSPS) is 22.1. The van der Waals surface area contributed by atoms with E-state index in [2.05, 4.69) is 6.92 Å². The second-order valence-corrected chi connectivity index (χ2v) is 7.33. The standard InChI is InChI=1S/C20H26N2O5/c1-3-4-7-27-18-16-8-15(12-23)17(24)9-14(16)11-22(10-13-5-6-13)19(18)21(2)20(25)26/h8,11-13,15H,3-7,9-10H2,1-2H3,(H,25,26). The van der Waals surface area contributed by atoms with Gasteiger partial charge in [-0.3, -0.25) is 9.69 Å². The molecule has 1 saturated carbocycles. The predicted molar refractivity (Wildman–Crippen MR) is 98.4 cm³/mol. The first-order chi connectivity index (χ1) is 13.0. The Morgan fingerprint density at radius 2 is 2.19 bits per heavy atom. The van der Waals surface area contributed by atoms with Crippen LogP contribution >= 0.6 is 0 Å². The summed E-state index contributed by atoms with van der Waals surface area (Å²) in [6, 6.07) is 0. The Balaban J connectivity index is 2.07. The van der Waals surface area contributed by atoms with Crippen LogP contribution < -0.4 is 0 Å². The molecule has 0 aromatic rings. The largest absolute Gasteiger partial charge is 0.489 e. The lowest BCUT2D eigenvalue weighted by atomic mass is 9.84. The molecule has 146 valence electrons. The summed E-state index contributed by atoms with van der Waals surface area (Å²) in [6.45, 7) is 3.19. The third-order valence-electron chi connectivity index (χ3n) is 5.11. The average molecular weight is 374 g/mol. The van der Waals surface area contributed by atoms with E-state index in [0.717, 1.165) is 36.2 Å². The molecule has 7 nitrogen and oxygen atoms in total. The van der Waals surface area contributed by atoms with Gasteiger partial charge in [0.15, 0.2) is 17.4 Å². The highest BCUT2D eigenvalue weighted by Gasteiger charge is 2.37. The first-order valence-electron chi connectivity index (χ1n) is 9.47. The second-order valence-electron chi connectivity index (χ2n) is 7.33. The van der Waals surface area contributed by atoms with Gasteiger partial charge in [-0.15, -0.1) is 0 Å². The van der Waals surface area contributed by atoms with Crippen molar-refractivity contribution in [3.8, 4) is 0 Å². The Bertz CT molecular complexity index is 733. The van der Waals surface area contributed by atoms with Crippen LogP contribution in [-0.4, -0.2) is 53.3 Å². The summed E-state index contributed by atoms with van der Waals surface area (Å²) in [5, 5.41) is 9.59. The zero-order chi connectivity index (χ0) is 19.6. The van der Waals surface area contributed by atoms with Crippen molar-refractivity contribution in [2.24, 2.45) is 11.8 Å². The molecule has 0 aromatic heterocycles. The van der Waals surface area contributed by atoms with Crippen molar-refractivity contribution in [1.29, 1.82) is 0 Å². The molecule has 1 fully saturated rings. The second kappa shape index (κ2) is 7.98. The van der Waals surface area contributed by atoms with Gasteiger partial charge < -0.3 is 19.5 Å². The molecule has 7 heteroatoms. The van der Waals surface area contributed by atoms with Gasteiger partial charge in [-0.25, -0.2) is 4.79 Å². The van der Waals surface area contributed by atoms with Gasteiger partial charge in [-0.05, 0) is 30.8 Å². The molecule has 0 spiro atoms. The lowest BCUT2D eigenvalue weighted by Gasteiger charge is -2.37. The Hall–Kier alpha value is -2.57. The number of carbonyl (C=O) groups is 3. The van der Waals surface area contributed by atoms with Gasteiger partial charge in [0, 0.05) is 31.8 Å². The fourth-order valence-electron chi connectivity index (χ4n) is 3.35. The van der Waals surface area contributed by atoms with Crippen molar-refractivity contribution in [2.45, 2.75) is 39.0 Å². The molecule has 0 radical (unpaired) electrons.